The van der Waals surface area contributed by atoms with E-state index in [1.54, 1.807) is 18.0 Å². The van der Waals surface area contributed by atoms with Gasteiger partial charge in [-0.05, 0) is 36.8 Å². The predicted molar refractivity (Wildman–Crippen MR) is 98.1 cm³/mol. The van der Waals surface area contributed by atoms with Crippen LogP contribution in [-0.4, -0.2) is 32.4 Å². The van der Waals surface area contributed by atoms with Gasteiger partial charge in [0.05, 0.1) is 24.1 Å². The van der Waals surface area contributed by atoms with Crippen molar-refractivity contribution in [1.82, 2.24) is 4.57 Å². The number of pyridine rings is 1. The lowest BCUT2D eigenvalue weighted by Gasteiger charge is -2.36. The summed E-state index contributed by atoms with van der Waals surface area (Å²) in [5, 5.41) is 0. The highest BCUT2D eigenvalue weighted by molar-refractivity contribution is 7.85. The molecule has 1 aromatic carbocycles. The van der Waals surface area contributed by atoms with Gasteiger partial charge in [0.25, 0.3) is 15.7 Å². The fourth-order valence-electron chi connectivity index (χ4n) is 3.25. The summed E-state index contributed by atoms with van der Waals surface area (Å²) in [4.78, 5) is 13.8. The molecular formula is C18H19F3N2O4S. The van der Waals surface area contributed by atoms with Gasteiger partial charge in [0.2, 0.25) is 0 Å². The summed E-state index contributed by atoms with van der Waals surface area (Å²) in [6.07, 6.45) is -3.07. The fraction of sp³-hybridized carbons (Fsp3) is 0.389. The van der Waals surface area contributed by atoms with Crippen molar-refractivity contribution < 1.29 is 25.8 Å². The normalized spacial score (nSPS) is 17.5. The highest BCUT2D eigenvalue weighted by Crippen LogP contribution is 2.36. The number of alkyl halides is 3. The first-order valence-corrected chi connectivity index (χ1v) is 10.3. The van der Waals surface area contributed by atoms with E-state index in [0.29, 0.717) is 30.0 Å². The van der Waals surface area contributed by atoms with Crippen LogP contribution in [0.3, 0.4) is 0 Å². The van der Waals surface area contributed by atoms with Gasteiger partial charge in [0, 0.05) is 37.0 Å². The Morgan fingerprint density at radius 1 is 1.14 bits per heavy atom. The molecule has 0 bridgehead atoms. The van der Waals surface area contributed by atoms with Crippen LogP contribution in [0.2, 0.25) is 0 Å². The molecule has 0 amide bonds. The van der Waals surface area contributed by atoms with Gasteiger partial charge in [0.1, 0.15) is 0 Å². The molecule has 0 spiro atoms. The highest BCUT2D eigenvalue weighted by atomic mass is 32.2. The molecule has 152 valence electrons. The average molecular weight is 416 g/mol. The minimum Gasteiger partial charge on any atom is -0.340 e. The maximum Gasteiger partial charge on any atom is 0.416 e. The van der Waals surface area contributed by atoms with Gasteiger partial charge in [0.15, 0.2) is 0 Å². The largest absolute Gasteiger partial charge is 0.416 e. The number of nitrogens with zero attached hydrogens (tertiary/aromatic N) is 2. The van der Waals surface area contributed by atoms with Crippen molar-refractivity contribution in [3.63, 3.8) is 0 Å². The van der Waals surface area contributed by atoms with Gasteiger partial charge in [-0.15, -0.1) is 0 Å². The van der Waals surface area contributed by atoms with Crippen molar-refractivity contribution in [2.75, 3.05) is 24.3 Å². The van der Waals surface area contributed by atoms with Crippen molar-refractivity contribution in [1.29, 1.82) is 0 Å². The molecule has 2 heterocycles. The molecular weight excluding hydrogens is 397 g/mol. The van der Waals surface area contributed by atoms with E-state index in [1.807, 2.05) is 0 Å². The summed E-state index contributed by atoms with van der Waals surface area (Å²) < 4.78 is 67.6. The SMILES string of the molecule is Cn1c2c(ccc1=O)N(c1ccc(C(F)(F)F)cc1)CC(COS(C)(=O)=O)C2. The molecule has 28 heavy (non-hydrogen) atoms. The molecule has 0 saturated carbocycles. The van der Waals surface area contributed by atoms with Gasteiger partial charge < -0.3 is 9.47 Å². The average Bonchev–Trinajstić information content (AvgIpc) is 2.61. The molecule has 0 N–H and O–H groups in total. The standard InChI is InChI=1S/C18H19F3N2O4S/c1-22-16-9-12(11-27-28(2,25)26)10-23(15(16)7-8-17(22)24)14-5-3-13(4-6-14)18(19,20)21/h3-8,12H,9-11H2,1-2H3. The molecule has 0 radical (unpaired) electrons. The van der Waals surface area contributed by atoms with Gasteiger partial charge in [-0.1, -0.05) is 0 Å². The number of benzene rings is 1. The van der Waals surface area contributed by atoms with Crippen molar-refractivity contribution in [3.05, 3.63) is 58.0 Å². The second-order valence-corrected chi connectivity index (χ2v) is 8.42. The molecule has 0 fully saturated rings. The molecule has 3 rings (SSSR count). The van der Waals surface area contributed by atoms with Crippen LogP contribution < -0.4 is 10.5 Å². The molecule has 0 aliphatic carbocycles. The Hall–Kier alpha value is -2.33. The van der Waals surface area contributed by atoms with Crippen LogP contribution >= 0.6 is 0 Å². The Morgan fingerprint density at radius 2 is 1.79 bits per heavy atom. The summed E-state index contributed by atoms with van der Waals surface area (Å²) in [6, 6.07) is 7.72. The maximum absolute atomic E-state index is 12.8. The minimum absolute atomic E-state index is 0.0848. The lowest BCUT2D eigenvalue weighted by molar-refractivity contribution is -0.137. The summed E-state index contributed by atoms with van der Waals surface area (Å²) in [6.45, 7) is 0.255. The van der Waals surface area contributed by atoms with Crippen LogP contribution in [0.15, 0.2) is 41.2 Å². The van der Waals surface area contributed by atoms with Gasteiger partial charge in [-0.2, -0.15) is 21.6 Å². The Bertz CT molecular complexity index is 1030. The Labute approximate surface area is 160 Å². The second-order valence-electron chi connectivity index (χ2n) is 6.78. The van der Waals surface area contributed by atoms with Crippen LogP contribution in [0.4, 0.5) is 24.5 Å². The fourth-order valence-corrected chi connectivity index (χ4v) is 3.69. The van der Waals surface area contributed by atoms with Crippen LogP contribution in [0, 0.1) is 5.92 Å². The zero-order valence-electron chi connectivity index (χ0n) is 15.2. The van der Waals surface area contributed by atoms with Crippen LogP contribution in [0.1, 0.15) is 11.3 Å². The zero-order chi connectivity index (χ0) is 20.7. The number of aromatic nitrogens is 1. The van der Waals surface area contributed by atoms with E-state index in [1.165, 1.54) is 22.8 Å². The summed E-state index contributed by atoms with van der Waals surface area (Å²) >= 11 is 0. The smallest absolute Gasteiger partial charge is 0.340 e. The lowest BCUT2D eigenvalue weighted by Crippen LogP contribution is -2.38. The zero-order valence-corrected chi connectivity index (χ0v) is 16.0. The molecule has 1 unspecified atom stereocenters. The summed E-state index contributed by atoms with van der Waals surface area (Å²) in [7, 11) is -2.03. The monoisotopic (exact) mass is 416 g/mol. The summed E-state index contributed by atoms with van der Waals surface area (Å²) in [5.41, 5.74) is 0.886. The Kier molecular flexibility index (Phi) is 5.28. The molecule has 1 aliphatic rings. The third kappa shape index (κ3) is 4.39. The number of fused-ring (bicyclic) bond motifs is 1. The number of halogens is 3. The third-order valence-electron chi connectivity index (χ3n) is 4.65. The van der Waals surface area contributed by atoms with E-state index in [4.69, 9.17) is 4.18 Å². The van der Waals surface area contributed by atoms with Crippen molar-refractivity contribution >= 4 is 21.5 Å². The Morgan fingerprint density at radius 3 is 2.36 bits per heavy atom. The topological polar surface area (TPSA) is 68.6 Å². The number of hydrogen-bond acceptors (Lipinski definition) is 5. The molecule has 10 heteroatoms. The Balaban J connectivity index is 1.99. The maximum atomic E-state index is 12.8. The molecule has 1 atom stereocenters. The molecule has 2 aromatic rings. The van der Waals surface area contributed by atoms with Crippen molar-refractivity contribution in [2.45, 2.75) is 12.6 Å². The molecule has 6 nitrogen and oxygen atoms in total. The number of anilines is 2. The van der Waals surface area contributed by atoms with Gasteiger partial charge >= 0.3 is 6.18 Å². The molecule has 1 aromatic heterocycles. The van der Waals surface area contributed by atoms with Crippen LogP contribution in [0.5, 0.6) is 0 Å². The van der Waals surface area contributed by atoms with E-state index < -0.39 is 21.9 Å². The highest BCUT2D eigenvalue weighted by Gasteiger charge is 2.32. The summed E-state index contributed by atoms with van der Waals surface area (Å²) in [5.74, 6) is -0.266. The van der Waals surface area contributed by atoms with E-state index in [2.05, 4.69) is 0 Å². The molecule has 0 saturated heterocycles. The van der Waals surface area contributed by atoms with Gasteiger partial charge in [-0.25, -0.2) is 0 Å². The van der Waals surface area contributed by atoms with Gasteiger partial charge in [-0.3, -0.25) is 8.98 Å². The minimum atomic E-state index is -4.44. The van der Waals surface area contributed by atoms with E-state index in [-0.39, 0.29) is 18.1 Å². The van der Waals surface area contributed by atoms with E-state index in [0.717, 1.165) is 18.4 Å². The third-order valence-corrected chi connectivity index (χ3v) is 5.22. The first-order valence-electron chi connectivity index (χ1n) is 8.44. The van der Waals surface area contributed by atoms with Crippen molar-refractivity contribution in [2.24, 2.45) is 13.0 Å². The predicted octanol–water partition coefficient (Wildman–Crippen LogP) is 2.69. The van der Waals surface area contributed by atoms with Crippen molar-refractivity contribution in [3.8, 4) is 0 Å². The first-order chi connectivity index (χ1) is 13.0. The lowest BCUT2D eigenvalue weighted by atomic mass is 9.95. The quantitative estimate of drug-likeness (QED) is 0.717. The van der Waals surface area contributed by atoms with Crippen LogP contribution in [-0.2, 0) is 33.9 Å². The first kappa shape index (κ1) is 20.4. The van der Waals surface area contributed by atoms with E-state index >= 15 is 0 Å². The number of rotatable bonds is 4. The van der Waals surface area contributed by atoms with Crippen LogP contribution in [0.25, 0.3) is 0 Å². The van der Waals surface area contributed by atoms with E-state index in [9.17, 15) is 26.4 Å². The number of hydrogen-bond donors (Lipinski definition) is 0. The molecule has 1 aliphatic heterocycles. The second kappa shape index (κ2) is 7.25.